The molecule has 0 aromatic heterocycles. The van der Waals surface area contributed by atoms with Crippen LogP contribution in [0.15, 0.2) is 24.3 Å². The molecule has 0 aliphatic carbocycles. The van der Waals surface area contributed by atoms with Crippen molar-refractivity contribution in [1.29, 1.82) is 0 Å². The molecule has 1 atom stereocenters. The van der Waals surface area contributed by atoms with Gasteiger partial charge in [0.15, 0.2) is 0 Å². The van der Waals surface area contributed by atoms with E-state index in [-0.39, 0.29) is 24.4 Å². The van der Waals surface area contributed by atoms with Crippen LogP contribution in [0.3, 0.4) is 0 Å². The van der Waals surface area contributed by atoms with E-state index < -0.39 is 0 Å². The van der Waals surface area contributed by atoms with E-state index in [0.717, 1.165) is 17.0 Å². The summed E-state index contributed by atoms with van der Waals surface area (Å²) in [5.74, 6) is 0.999. The summed E-state index contributed by atoms with van der Waals surface area (Å²) in [4.78, 5) is 11.6. The highest BCUT2D eigenvalue weighted by molar-refractivity contribution is 7.98. The van der Waals surface area contributed by atoms with Gasteiger partial charge in [0.05, 0.1) is 6.42 Å². The molecule has 1 rings (SSSR count). The molecule has 0 saturated heterocycles. The van der Waals surface area contributed by atoms with Crippen LogP contribution in [0, 0.1) is 0 Å². The van der Waals surface area contributed by atoms with Crippen molar-refractivity contribution in [3.8, 4) is 0 Å². The van der Waals surface area contributed by atoms with E-state index in [2.05, 4.69) is 5.32 Å². The summed E-state index contributed by atoms with van der Waals surface area (Å²) in [7, 11) is 0. The average Bonchev–Trinajstić information content (AvgIpc) is 2.21. The zero-order valence-corrected chi connectivity index (χ0v) is 11.7. The van der Waals surface area contributed by atoms with Gasteiger partial charge in [0.1, 0.15) is 0 Å². The lowest BCUT2D eigenvalue weighted by Crippen LogP contribution is -2.35. The molecular weight excluding hydrogens is 256 g/mol. The molecule has 0 saturated carbocycles. The van der Waals surface area contributed by atoms with Crippen molar-refractivity contribution in [1.82, 2.24) is 5.32 Å². The summed E-state index contributed by atoms with van der Waals surface area (Å²) in [6, 6.07) is 7.61. The molecule has 1 aromatic rings. The third kappa shape index (κ3) is 6.44. The first-order chi connectivity index (χ1) is 7.61. The van der Waals surface area contributed by atoms with Crippen LogP contribution < -0.4 is 11.1 Å². The van der Waals surface area contributed by atoms with Crippen molar-refractivity contribution >= 4 is 35.8 Å². The number of carbonyl (C=O) groups excluding carboxylic acids is 1. The van der Waals surface area contributed by atoms with Gasteiger partial charge in [0, 0.05) is 17.5 Å². The van der Waals surface area contributed by atoms with Crippen LogP contribution in [0.4, 0.5) is 5.69 Å². The standard InChI is InChI=1S/C12H18N2OS.ClH/c1-9(8-16-2)14-12(15)7-10-3-5-11(13)6-4-10;/h3-6,9H,7-8,13H2,1-2H3,(H,14,15);1H. The maximum atomic E-state index is 11.6. The van der Waals surface area contributed by atoms with E-state index >= 15 is 0 Å². The van der Waals surface area contributed by atoms with Gasteiger partial charge in [-0.2, -0.15) is 11.8 Å². The van der Waals surface area contributed by atoms with Gasteiger partial charge in [-0.05, 0) is 30.9 Å². The van der Waals surface area contributed by atoms with Crippen LogP contribution in [0.5, 0.6) is 0 Å². The molecular formula is C12H19ClN2OS. The van der Waals surface area contributed by atoms with Crippen molar-refractivity contribution in [2.75, 3.05) is 17.7 Å². The topological polar surface area (TPSA) is 55.1 Å². The van der Waals surface area contributed by atoms with Gasteiger partial charge in [0.2, 0.25) is 5.91 Å². The lowest BCUT2D eigenvalue weighted by Gasteiger charge is -2.12. The fourth-order valence-electron chi connectivity index (χ4n) is 1.44. The number of anilines is 1. The molecule has 3 N–H and O–H groups in total. The lowest BCUT2D eigenvalue weighted by atomic mass is 10.1. The first-order valence-corrected chi connectivity index (χ1v) is 6.64. The first kappa shape index (κ1) is 16.1. The Morgan fingerprint density at radius 2 is 2.00 bits per heavy atom. The average molecular weight is 275 g/mol. The fraction of sp³-hybridized carbons (Fsp3) is 0.417. The summed E-state index contributed by atoms with van der Waals surface area (Å²) in [6.07, 6.45) is 2.45. The minimum absolute atomic E-state index is 0. The molecule has 1 aromatic carbocycles. The van der Waals surface area contributed by atoms with E-state index in [9.17, 15) is 4.79 Å². The molecule has 1 unspecified atom stereocenters. The fourth-order valence-corrected chi connectivity index (χ4v) is 2.02. The van der Waals surface area contributed by atoms with Gasteiger partial charge in [-0.1, -0.05) is 12.1 Å². The van der Waals surface area contributed by atoms with Gasteiger partial charge in [0.25, 0.3) is 0 Å². The van der Waals surface area contributed by atoms with Crippen molar-refractivity contribution < 1.29 is 4.79 Å². The van der Waals surface area contributed by atoms with E-state index in [1.165, 1.54) is 0 Å². The Hall–Kier alpha value is -0.870. The number of hydrogen-bond acceptors (Lipinski definition) is 3. The van der Waals surface area contributed by atoms with Crippen LogP contribution in [0.25, 0.3) is 0 Å². The molecule has 3 nitrogen and oxygen atoms in total. The molecule has 0 heterocycles. The number of carbonyl (C=O) groups is 1. The summed E-state index contributed by atoms with van der Waals surface area (Å²) in [5, 5.41) is 2.95. The Bertz CT molecular complexity index is 343. The number of benzene rings is 1. The molecule has 96 valence electrons. The Morgan fingerprint density at radius 1 is 1.41 bits per heavy atom. The number of thioether (sulfide) groups is 1. The van der Waals surface area contributed by atoms with Crippen molar-refractivity contribution in [2.45, 2.75) is 19.4 Å². The zero-order valence-electron chi connectivity index (χ0n) is 10.1. The quantitative estimate of drug-likeness (QED) is 0.809. The number of amides is 1. The number of nitrogens with one attached hydrogen (secondary N) is 1. The third-order valence-electron chi connectivity index (χ3n) is 2.17. The Morgan fingerprint density at radius 3 is 2.53 bits per heavy atom. The first-order valence-electron chi connectivity index (χ1n) is 5.24. The van der Waals surface area contributed by atoms with Crippen LogP contribution in [-0.4, -0.2) is 24.0 Å². The number of halogens is 1. The highest BCUT2D eigenvalue weighted by Crippen LogP contribution is 2.06. The number of nitrogen functional groups attached to an aromatic ring is 1. The van der Waals surface area contributed by atoms with Crippen molar-refractivity contribution in [3.63, 3.8) is 0 Å². The predicted molar refractivity (Wildman–Crippen MR) is 77.8 cm³/mol. The molecule has 0 aliphatic rings. The number of rotatable bonds is 5. The van der Waals surface area contributed by atoms with E-state index in [4.69, 9.17) is 5.73 Å². The smallest absolute Gasteiger partial charge is 0.224 e. The van der Waals surface area contributed by atoms with Crippen LogP contribution in [0.2, 0.25) is 0 Å². The van der Waals surface area contributed by atoms with E-state index in [0.29, 0.717) is 6.42 Å². The number of nitrogens with two attached hydrogens (primary N) is 1. The Balaban J connectivity index is 0.00000256. The molecule has 5 heteroatoms. The summed E-state index contributed by atoms with van der Waals surface area (Å²) < 4.78 is 0. The Labute approximate surface area is 113 Å². The Kier molecular flexibility index (Phi) is 7.83. The predicted octanol–water partition coefficient (Wildman–Crippen LogP) is 2.10. The van der Waals surface area contributed by atoms with E-state index in [1.807, 2.05) is 37.4 Å². The molecule has 0 radical (unpaired) electrons. The maximum Gasteiger partial charge on any atom is 0.224 e. The summed E-state index contributed by atoms with van der Waals surface area (Å²) in [6.45, 7) is 2.01. The second-order valence-corrected chi connectivity index (χ2v) is 4.75. The minimum atomic E-state index is 0. The second kappa shape index (κ2) is 8.25. The molecule has 0 fully saturated rings. The van der Waals surface area contributed by atoms with Gasteiger partial charge < -0.3 is 11.1 Å². The van der Waals surface area contributed by atoms with Crippen LogP contribution in [0.1, 0.15) is 12.5 Å². The molecule has 1 amide bonds. The van der Waals surface area contributed by atoms with Gasteiger partial charge in [-0.15, -0.1) is 12.4 Å². The van der Waals surface area contributed by atoms with Gasteiger partial charge >= 0.3 is 0 Å². The zero-order chi connectivity index (χ0) is 12.0. The normalized spacial score (nSPS) is 11.4. The van der Waals surface area contributed by atoms with Gasteiger partial charge in [-0.25, -0.2) is 0 Å². The lowest BCUT2D eigenvalue weighted by molar-refractivity contribution is -0.120. The second-order valence-electron chi connectivity index (χ2n) is 3.84. The maximum absolute atomic E-state index is 11.6. The molecule has 17 heavy (non-hydrogen) atoms. The SMILES string of the molecule is CSCC(C)NC(=O)Cc1ccc(N)cc1.Cl. The monoisotopic (exact) mass is 274 g/mol. The largest absolute Gasteiger partial charge is 0.399 e. The third-order valence-corrected chi connectivity index (χ3v) is 3.00. The van der Waals surface area contributed by atoms with Crippen molar-refractivity contribution in [2.24, 2.45) is 0 Å². The summed E-state index contributed by atoms with van der Waals surface area (Å²) in [5.41, 5.74) is 7.29. The minimum Gasteiger partial charge on any atom is -0.399 e. The van der Waals surface area contributed by atoms with Crippen LogP contribution >= 0.6 is 24.2 Å². The summed E-state index contributed by atoms with van der Waals surface area (Å²) >= 11 is 1.73. The molecule has 0 spiro atoms. The number of hydrogen-bond donors (Lipinski definition) is 2. The molecule has 0 bridgehead atoms. The van der Waals surface area contributed by atoms with Crippen LogP contribution in [-0.2, 0) is 11.2 Å². The molecule has 0 aliphatic heterocycles. The van der Waals surface area contributed by atoms with E-state index in [1.54, 1.807) is 11.8 Å². The highest BCUT2D eigenvalue weighted by Gasteiger charge is 2.07. The van der Waals surface area contributed by atoms with Gasteiger partial charge in [-0.3, -0.25) is 4.79 Å². The highest BCUT2D eigenvalue weighted by atomic mass is 35.5. The van der Waals surface area contributed by atoms with Crippen molar-refractivity contribution in [3.05, 3.63) is 29.8 Å².